The number of hydrogen-bond acceptors (Lipinski definition) is 4. The van der Waals surface area contributed by atoms with Gasteiger partial charge in [0.1, 0.15) is 5.82 Å². The van der Waals surface area contributed by atoms with Crippen molar-refractivity contribution in [3.8, 4) is 0 Å². The fraction of sp³-hybridized carbons (Fsp3) is 0.105. The van der Waals surface area contributed by atoms with E-state index < -0.39 is 10.0 Å². The lowest BCUT2D eigenvalue weighted by atomic mass is 10.2. The van der Waals surface area contributed by atoms with Crippen LogP contribution in [0.5, 0.6) is 0 Å². The van der Waals surface area contributed by atoms with Gasteiger partial charge in [-0.3, -0.25) is 4.72 Å². The van der Waals surface area contributed by atoms with Gasteiger partial charge < -0.3 is 5.32 Å². The van der Waals surface area contributed by atoms with Crippen LogP contribution in [-0.2, 0) is 10.0 Å². The van der Waals surface area contributed by atoms with Crippen molar-refractivity contribution in [2.45, 2.75) is 18.7 Å². The molecule has 0 aliphatic rings. The maximum atomic E-state index is 12.5. The summed E-state index contributed by atoms with van der Waals surface area (Å²) in [5.74, 6) is 0.276. The Balaban J connectivity index is 1.77. The van der Waals surface area contributed by atoms with Gasteiger partial charge in [-0.25, -0.2) is 13.4 Å². The van der Waals surface area contributed by atoms with E-state index in [-0.39, 0.29) is 10.7 Å². The molecule has 128 valence electrons. The molecule has 0 radical (unpaired) electrons. The number of pyridine rings is 1. The predicted octanol–water partition coefficient (Wildman–Crippen LogP) is 4.24. The van der Waals surface area contributed by atoms with Crippen molar-refractivity contribution in [3.63, 3.8) is 0 Å². The molecule has 1 heterocycles. The summed E-state index contributed by atoms with van der Waals surface area (Å²) in [5, 5.41) is 3.26. The molecule has 0 amide bonds. The molecule has 1 aromatic heterocycles. The smallest absolute Gasteiger partial charge is 0.263 e. The van der Waals surface area contributed by atoms with Crippen molar-refractivity contribution in [3.05, 3.63) is 78.0 Å². The molecule has 0 aliphatic heterocycles. The van der Waals surface area contributed by atoms with Crippen LogP contribution in [0, 0.1) is 13.8 Å². The molecule has 0 aliphatic carbocycles. The molecule has 25 heavy (non-hydrogen) atoms. The van der Waals surface area contributed by atoms with Gasteiger partial charge in [-0.05, 0) is 49.2 Å². The van der Waals surface area contributed by atoms with Crippen LogP contribution < -0.4 is 10.0 Å². The topological polar surface area (TPSA) is 71.1 Å². The molecular weight excluding hydrogens is 334 g/mol. The van der Waals surface area contributed by atoms with E-state index in [4.69, 9.17) is 0 Å². The van der Waals surface area contributed by atoms with Crippen molar-refractivity contribution in [2.75, 3.05) is 10.0 Å². The molecule has 0 atom stereocenters. The summed E-state index contributed by atoms with van der Waals surface area (Å²) in [6, 6.07) is 18.2. The number of nitrogens with one attached hydrogen (secondary N) is 2. The van der Waals surface area contributed by atoms with E-state index in [1.165, 1.54) is 0 Å². The third kappa shape index (κ3) is 3.97. The van der Waals surface area contributed by atoms with Gasteiger partial charge >= 0.3 is 0 Å². The van der Waals surface area contributed by atoms with Crippen molar-refractivity contribution in [2.24, 2.45) is 0 Å². The Morgan fingerprint density at radius 2 is 1.52 bits per heavy atom. The Morgan fingerprint density at radius 1 is 0.840 bits per heavy atom. The molecule has 0 bridgehead atoms. The number of anilines is 3. The molecular formula is C19H19N3O2S. The first-order valence-electron chi connectivity index (χ1n) is 7.83. The minimum atomic E-state index is -3.66. The maximum Gasteiger partial charge on any atom is 0.263 e. The van der Waals surface area contributed by atoms with E-state index in [0.717, 1.165) is 16.9 Å². The monoisotopic (exact) mass is 353 g/mol. The van der Waals surface area contributed by atoms with E-state index in [2.05, 4.69) is 15.0 Å². The SMILES string of the molecule is Cc1ccccc1Nc1ccc(NS(=O)(=O)c2ccccc2C)nc1. The molecule has 0 saturated carbocycles. The van der Waals surface area contributed by atoms with Crippen molar-refractivity contribution < 1.29 is 8.42 Å². The highest BCUT2D eigenvalue weighted by molar-refractivity contribution is 7.92. The van der Waals surface area contributed by atoms with E-state index in [9.17, 15) is 8.42 Å². The number of sulfonamides is 1. The first kappa shape index (κ1) is 17.0. The first-order chi connectivity index (χ1) is 12.0. The summed E-state index contributed by atoms with van der Waals surface area (Å²) in [6.45, 7) is 3.78. The van der Waals surface area contributed by atoms with Crippen molar-refractivity contribution in [1.29, 1.82) is 0 Å². The Bertz CT molecular complexity index is 984. The van der Waals surface area contributed by atoms with Crippen LogP contribution in [0.4, 0.5) is 17.2 Å². The highest BCUT2D eigenvalue weighted by Gasteiger charge is 2.16. The molecule has 0 unspecified atom stereocenters. The van der Waals surface area contributed by atoms with Gasteiger partial charge in [-0.1, -0.05) is 36.4 Å². The average Bonchev–Trinajstić information content (AvgIpc) is 2.58. The standard InChI is InChI=1S/C19H19N3O2S/c1-14-7-3-5-9-17(14)21-16-11-12-19(20-13-16)22-25(23,24)18-10-6-4-8-15(18)2/h3-13,21H,1-2H3,(H,20,22). The third-order valence-electron chi connectivity index (χ3n) is 3.81. The summed E-state index contributed by atoms with van der Waals surface area (Å²) in [4.78, 5) is 4.44. The lowest BCUT2D eigenvalue weighted by Crippen LogP contribution is -2.15. The lowest BCUT2D eigenvalue weighted by Gasteiger charge is -2.11. The zero-order chi connectivity index (χ0) is 17.9. The highest BCUT2D eigenvalue weighted by atomic mass is 32.2. The first-order valence-corrected chi connectivity index (χ1v) is 9.31. The fourth-order valence-corrected chi connectivity index (χ4v) is 3.70. The summed E-state index contributed by atoms with van der Waals surface area (Å²) in [6.07, 6.45) is 1.60. The van der Waals surface area contributed by atoms with Crippen molar-refractivity contribution in [1.82, 2.24) is 4.98 Å². The van der Waals surface area contributed by atoms with Crippen LogP contribution in [0.25, 0.3) is 0 Å². The van der Waals surface area contributed by atoms with Gasteiger partial charge in [-0.2, -0.15) is 0 Å². The number of benzene rings is 2. The zero-order valence-corrected chi connectivity index (χ0v) is 14.8. The minimum Gasteiger partial charge on any atom is -0.354 e. The van der Waals surface area contributed by atoms with Crippen LogP contribution in [0.1, 0.15) is 11.1 Å². The number of aromatic nitrogens is 1. The van der Waals surface area contributed by atoms with Crippen molar-refractivity contribution >= 4 is 27.2 Å². The summed E-state index contributed by atoms with van der Waals surface area (Å²) in [7, 11) is -3.66. The Hall–Kier alpha value is -2.86. The molecule has 5 nitrogen and oxygen atoms in total. The molecule has 3 rings (SSSR count). The van der Waals surface area contributed by atoms with Crippen LogP contribution in [-0.4, -0.2) is 13.4 Å². The largest absolute Gasteiger partial charge is 0.354 e. The van der Waals surface area contributed by atoms with Crippen LogP contribution in [0.15, 0.2) is 71.8 Å². The molecule has 0 spiro atoms. The second kappa shape index (κ2) is 6.94. The summed E-state index contributed by atoms with van der Waals surface area (Å²) in [5.41, 5.74) is 3.57. The number of hydrogen-bond donors (Lipinski definition) is 2. The molecule has 2 aromatic carbocycles. The van der Waals surface area contributed by atoms with E-state index in [1.807, 2.05) is 31.2 Å². The van der Waals surface area contributed by atoms with E-state index in [0.29, 0.717) is 5.56 Å². The van der Waals surface area contributed by atoms with E-state index in [1.54, 1.807) is 49.5 Å². The second-order valence-electron chi connectivity index (χ2n) is 5.74. The molecule has 3 aromatic rings. The summed E-state index contributed by atoms with van der Waals surface area (Å²) >= 11 is 0. The minimum absolute atomic E-state index is 0.249. The van der Waals surface area contributed by atoms with Gasteiger partial charge in [0.15, 0.2) is 0 Å². The number of para-hydroxylation sites is 1. The lowest BCUT2D eigenvalue weighted by molar-refractivity contribution is 0.600. The van der Waals surface area contributed by atoms with E-state index >= 15 is 0 Å². The number of aryl methyl sites for hydroxylation is 2. The Kier molecular flexibility index (Phi) is 4.72. The molecule has 0 fully saturated rings. The van der Waals surface area contributed by atoms with Crippen LogP contribution in [0.2, 0.25) is 0 Å². The van der Waals surface area contributed by atoms with Gasteiger partial charge in [0.05, 0.1) is 16.8 Å². The summed E-state index contributed by atoms with van der Waals surface area (Å²) < 4.78 is 27.5. The van der Waals surface area contributed by atoms with Gasteiger partial charge in [0.25, 0.3) is 10.0 Å². The Morgan fingerprint density at radius 3 is 2.16 bits per heavy atom. The predicted molar refractivity (Wildman–Crippen MR) is 101 cm³/mol. The quantitative estimate of drug-likeness (QED) is 0.719. The normalized spacial score (nSPS) is 11.1. The number of nitrogens with zero attached hydrogens (tertiary/aromatic N) is 1. The maximum absolute atomic E-state index is 12.5. The van der Waals surface area contributed by atoms with Crippen LogP contribution in [0.3, 0.4) is 0 Å². The zero-order valence-electron chi connectivity index (χ0n) is 14.0. The second-order valence-corrected chi connectivity index (χ2v) is 7.39. The molecule has 0 saturated heterocycles. The molecule has 6 heteroatoms. The van der Waals surface area contributed by atoms with Gasteiger partial charge in [0.2, 0.25) is 0 Å². The van der Waals surface area contributed by atoms with Gasteiger partial charge in [0, 0.05) is 5.69 Å². The Labute approximate surface area is 147 Å². The highest BCUT2D eigenvalue weighted by Crippen LogP contribution is 2.22. The molecule has 2 N–H and O–H groups in total. The van der Waals surface area contributed by atoms with Crippen LogP contribution >= 0.6 is 0 Å². The van der Waals surface area contributed by atoms with Gasteiger partial charge in [-0.15, -0.1) is 0 Å². The third-order valence-corrected chi connectivity index (χ3v) is 5.32. The average molecular weight is 353 g/mol. The fourth-order valence-electron chi connectivity index (χ4n) is 2.45. The number of rotatable bonds is 5.